The third kappa shape index (κ3) is 10.9. The summed E-state index contributed by atoms with van der Waals surface area (Å²) in [6.45, 7) is 0. The van der Waals surface area contributed by atoms with Crippen LogP contribution in [-0.2, 0) is 19.5 Å². The molecule has 2 aromatic carbocycles. The normalized spacial score (nSPS) is 8.44. The number of phenols is 2. The maximum atomic E-state index is 10.3. The predicted molar refractivity (Wildman–Crippen MR) is 82.5 cm³/mol. The maximum Gasteiger partial charge on any atom is 0.631 e. The molecule has 0 atom stereocenters. The number of rotatable bonds is 2. The zero-order chi connectivity index (χ0) is 18.7. The molecule has 0 unspecified atom stereocenters. The molecule has 11 heteroatoms. The minimum absolute atomic E-state index is 0. The summed E-state index contributed by atoms with van der Waals surface area (Å²) in [4.78, 5) is 20.5. The first-order valence-electron chi connectivity index (χ1n) is 6.23. The summed E-state index contributed by atoms with van der Waals surface area (Å²) in [6, 6.07) is 11.6. The van der Waals surface area contributed by atoms with E-state index in [0.29, 0.717) is 0 Å². The van der Waals surface area contributed by atoms with Gasteiger partial charge in [-0.05, 0) is 24.3 Å². The van der Waals surface area contributed by atoms with Crippen LogP contribution in [0.1, 0.15) is 20.7 Å². The molecule has 0 spiro atoms. The fourth-order valence-electron chi connectivity index (χ4n) is 1.31. The van der Waals surface area contributed by atoms with E-state index in [1.54, 1.807) is 24.3 Å². The molecule has 0 radical (unpaired) electrons. The molecule has 0 saturated carbocycles. The van der Waals surface area contributed by atoms with Gasteiger partial charge in [0.05, 0.1) is 0 Å². The van der Waals surface area contributed by atoms with Gasteiger partial charge >= 0.3 is 19.3 Å². The minimum Gasteiger partial charge on any atom is -0.507 e. The number of hydrogen-bond donors (Lipinski definition) is 7. The van der Waals surface area contributed by atoms with Crippen LogP contribution in [0.5, 0.6) is 11.5 Å². The van der Waals surface area contributed by atoms with Crippen LogP contribution in [0.15, 0.2) is 48.5 Å². The van der Waals surface area contributed by atoms with Crippen LogP contribution in [0.2, 0.25) is 0 Å². The largest absolute Gasteiger partial charge is 0.631 e. The van der Waals surface area contributed by atoms with Gasteiger partial charge in [-0.1, -0.05) is 24.3 Å². The van der Waals surface area contributed by atoms with Crippen molar-refractivity contribution in [2.24, 2.45) is 0 Å². The summed E-state index contributed by atoms with van der Waals surface area (Å²) in [5.74, 6) is -2.62. The topological polar surface area (TPSA) is 176 Å². The van der Waals surface area contributed by atoms with Crippen LogP contribution in [0.3, 0.4) is 0 Å². The smallest absolute Gasteiger partial charge is 0.507 e. The van der Waals surface area contributed by atoms with E-state index in [1.807, 2.05) is 0 Å². The Kier molecular flexibility index (Phi) is 12.8. The second kappa shape index (κ2) is 12.9. The van der Waals surface area contributed by atoms with Gasteiger partial charge in [-0.2, -0.15) is 0 Å². The molecule has 0 saturated heterocycles. The van der Waals surface area contributed by atoms with E-state index in [2.05, 4.69) is 0 Å². The van der Waals surface area contributed by atoms with Gasteiger partial charge in [0.1, 0.15) is 22.6 Å². The fourth-order valence-corrected chi connectivity index (χ4v) is 1.31. The Bertz CT molecular complexity index is 621. The van der Waals surface area contributed by atoms with E-state index in [0.717, 1.165) is 0 Å². The van der Waals surface area contributed by atoms with Gasteiger partial charge in [0.15, 0.2) is 0 Å². The molecule has 0 aliphatic rings. The number of carboxylic acid groups (broad SMARTS) is 2. The standard InChI is InChI=1S/2C7H6O3.BH3O3.Zn/c2*8-6-4-2-1-3-5(6)7(9)10;2-1(3)4;/h2*1-4,8H,(H,9,10);2-4H;. The first-order chi connectivity index (χ1) is 11.2. The number of aromatic hydroxyl groups is 2. The second-order valence-corrected chi connectivity index (χ2v) is 3.99. The molecule has 0 aliphatic carbocycles. The molecule has 0 aromatic heterocycles. The van der Waals surface area contributed by atoms with Gasteiger partial charge in [-0.15, -0.1) is 0 Å². The van der Waals surface area contributed by atoms with Crippen LogP contribution in [0.25, 0.3) is 0 Å². The third-order valence-corrected chi connectivity index (χ3v) is 2.27. The Balaban J connectivity index is 0. The molecule has 25 heavy (non-hydrogen) atoms. The summed E-state index contributed by atoms with van der Waals surface area (Å²) < 4.78 is 0. The zero-order valence-electron chi connectivity index (χ0n) is 12.9. The molecular formula is C14H15BO9Zn. The van der Waals surface area contributed by atoms with E-state index in [9.17, 15) is 9.59 Å². The first kappa shape index (κ1) is 24.8. The second-order valence-electron chi connectivity index (χ2n) is 3.99. The van der Waals surface area contributed by atoms with Crippen LogP contribution in [0, 0.1) is 0 Å². The van der Waals surface area contributed by atoms with Crippen molar-refractivity contribution in [3.8, 4) is 11.5 Å². The van der Waals surface area contributed by atoms with Crippen molar-refractivity contribution >= 4 is 19.3 Å². The molecule has 0 fully saturated rings. The van der Waals surface area contributed by atoms with Gasteiger partial charge in [-0.25, -0.2) is 9.59 Å². The van der Waals surface area contributed by atoms with Gasteiger partial charge in [0, 0.05) is 19.5 Å². The molecule has 0 heterocycles. The van der Waals surface area contributed by atoms with Gasteiger partial charge in [0.2, 0.25) is 0 Å². The van der Waals surface area contributed by atoms with Crippen LogP contribution < -0.4 is 0 Å². The van der Waals surface area contributed by atoms with Crippen LogP contribution in [0.4, 0.5) is 0 Å². The molecular weight excluding hydrogens is 388 g/mol. The molecule has 7 N–H and O–H groups in total. The molecule has 0 aliphatic heterocycles. The number of para-hydroxylation sites is 2. The van der Waals surface area contributed by atoms with E-state index in [4.69, 9.17) is 35.5 Å². The van der Waals surface area contributed by atoms with E-state index in [1.165, 1.54) is 24.3 Å². The number of carboxylic acids is 2. The summed E-state index contributed by atoms with van der Waals surface area (Å²) in [7, 11) is -2.17. The summed E-state index contributed by atoms with van der Waals surface area (Å²) in [6.07, 6.45) is 0. The summed E-state index contributed by atoms with van der Waals surface area (Å²) >= 11 is 0. The minimum atomic E-state index is -2.17. The fraction of sp³-hybridized carbons (Fsp3) is 0. The van der Waals surface area contributed by atoms with Crippen molar-refractivity contribution in [1.29, 1.82) is 0 Å². The average Bonchev–Trinajstić information content (AvgIpc) is 2.47. The third-order valence-electron chi connectivity index (χ3n) is 2.27. The quantitative estimate of drug-likeness (QED) is 0.343. The number of carbonyl (C=O) groups is 2. The maximum absolute atomic E-state index is 10.3. The Morgan fingerprint density at radius 2 is 0.920 bits per heavy atom. The van der Waals surface area contributed by atoms with Crippen molar-refractivity contribution in [3.05, 3.63) is 59.7 Å². The molecule has 0 amide bonds. The zero-order valence-corrected chi connectivity index (χ0v) is 15.8. The van der Waals surface area contributed by atoms with Crippen LogP contribution in [-0.4, -0.2) is 54.8 Å². The van der Waals surface area contributed by atoms with Crippen molar-refractivity contribution < 1.29 is 64.6 Å². The van der Waals surface area contributed by atoms with Crippen molar-refractivity contribution in [2.75, 3.05) is 0 Å². The molecule has 130 valence electrons. The van der Waals surface area contributed by atoms with Crippen molar-refractivity contribution in [2.45, 2.75) is 0 Å². The average molecular weight is 403 g/mol. The Labute approximate surface area is 155 Å². The SMILES string of the molecule is O=C(O)c1ccccc1O.O=C(O)c1ccccc1O.OB(O)O.[Zn]. The number of hydrogen-bond acceptors (Lipinski definition) is 7. The Morgan fingerprint density at radius 1 is 0.680 bits per heavy atom. The van der Waals surface area contributed by atoms with E-state index in [-0.39, 0.29) is 42.1 Å². The Hall–Kier alpha value is -2.45. The molecule has 2 aromatic rings. The van der Waals surface area contributed by atoms with Gasteiger partial charge < -0.3 is 35.5 Å². The van der Waals surface area contributed by atoms with E-state index >= 15 is 0 Å². The first-order valence-corrected chi connectivity index (χ1v) is 6.23. The molecule has 2 rings (SSSR count). The molecule has 9 nitrogen and oxygen atoms in total. The number of aromatic carboxylic acids is 2. The van der Waals surface area contributed by atoms with Crippen LogP contribution >= 0.6 is 0 Å². The summed E-state index contributed by atoms with van der Waals surface area (Å²) in [5, 5.41) is 56.1. The summed E-state index contributed by atoms with van der Waals surface area (Å²) in [5.41, 5.74) is -0.134. The van der Waals surface area contributed by atoms with E-state index < -0.39 is 19.3 Å². The van der Waals surface area contributed by atoms with Crippen molar-refractivity contribution in [3.63, 3.8) is 0 Å². The van der Waals surface area contributed by atoms with Gasteiger partial charge in [0.25, 0.3) is 0 Å². The van der Waals surface area contributed by atoms with Crippen molar-refractivity contribution in [1.82, 2.24) is 0 Å². The monoisotopic (exact) mass is 402 g/mol. The van der Waals surface area contributed by atoms with Gasteiger partial charge in [-0.3, -0.25) is 0 Å². The number of benzene rings is 2. The predicted octanol–water partition coefficient (Wildman–Crippen LogP) is 0.126. The Morgan fingerprint density at radius 3 is 1.08 bits per heavy atom. The molecule has 0 bridgehead atoms.